The molecule has 0 aliphatic carbocycles. The Labute approximate surface area is 118 Å². The number of hydrogen-bond donors (Lipinski definition) is 2. The normalized spacial score (nSPS) is 22.3. The molecular weight excluding hydrogens is 262 g/mol. The highest BCUT2D eigenvalue weighted by Gasteiger charge is 2.33. The number of ether oxygens (including phenoxy) is 1. The van der Waals surface area contributed by atoms with E-state index in [0.29, 0.717) is 17.2 Å². The van der Waals surface area contributed by atoms with E-state index in [-0.39, 0.29) is 18.3 Å². The Morgan fingerprint density at radius 3 is 2.89 bits per heavy atom. The molecule has 0 saturated carbocycles. The fourth-order valence-corrected chi connectivity index (χ4v) is 2.43. The summed E-state index contributed by atoms with van der Waals surface area (Å²) < 4.78 is 5.78. The number of morpholine rings is 1. The maximum Gasteiger partial charge on any atom is 0.122 e. The van der Waals surface area contributed by atoms with Crippen molar-refractivity contribution in [2.45, 2.75) is 25.6 Å². The Morgan fingerprint density at radius 2 is 2.37 bits per heavy atom. The highest BCUT2D eigenvalue weighted by atomic mass is 32.1. The van der Waals surface area contributed by atoms with Crippen LogP contribution in [-0.2, 0) is 4.74 Å². The summed E-state index contributed by atoms with van der Waals surface area (Å²) in [6.45, 7) is 5.43. The summed E-state index contributed by atoms with van der Waals surface area (Å²) in [6, 6.07) is 3.76. The van der Waals surface area contributed by atoms with E-state index in [1.54, 1.807) is 6.20 Å². The molecule has 1 aromatic heterocycles. The summed E-state index contributed by atoms with van der Waals surface area (Å²) in [4.78, 5) is 6.69. The van der Waals surface area contributed by atoms with Gasteiger partial charge in [0.15, 0.2) is 0 Å². The van der Waals surface area contributed by atoms with Crippen LogP contribution in [0.5, 0.6) is 0 Å². The largest absolute Gasteiger partial charge is 0.394 e. The molecule has 2 heterocycles. The zero-order valence-electron chi connectivity index (χ0n) is 11.2. The van der Waals surface area contributed by atoms with Crippen molar-refractivity contribution in [3.63, 3.8) is 0 Å². The number of pyridine rings is 1. The summed E-state index contributed by atoms with van der Waals surface area (Å²) in [5.41, 5.74) is 6.83. The number of aliphatic hydroxyl groups is 1. The van der Waals surface area contributed by atoms with Crippen LogP contribution in [0, 0.1) is 0 Å². The van der Waals surface area contributed by atoms with Crippen molar-refractivity contribution in [1.29, 1.82) is 0 Å². The third-order valence-electron chi connectivity index (χ3n) is 3.05. The molecule has 0 radical (unpaired) electrons. The molecular formula is C13H19N3O2S. The molecule has 6 heteroatoms. The van der Waals surface area contributed by atoms with E-state index in [0.717, 1.165) is 12.2 Å². The van der Waals surface area contributed by atoms with Gasteiger partial charge in [-0.05, 0) is 26.0 Å². The van der Waals surface area contributed by atoms with Crippen LogP contribution in [0.15, 0.2) is 18.3 Å². The van der Waals surface area contributed by atoms with Crippen LogP contribution in [0.25, 0.3) is 0 Å². The van der Waals surface area contributed by atoms with E-state index in [9.17, 15) is 5.11 Å². The molecule has 1 aliphatic heterocycles. The molecule has 0 bridgehead atoms. The van der Waals surface area contributed by atoms with Gasteiger partial charge in [-0.15, -0.1) is 0 Å². The number of anilines is 1. The van der Waals surface area contributed by atoms with Crippen molar-refractivity contribution in [2.24, 2.45) is 5.73 Å². The molecule has 3 N–H and O–H groups in total. The summed E-state index contributed by atoms with van der Waals surface area (Å²) in [7, 11) is 0. The minimum absolute atomic E-state index is 0.0122. The fraction of sp³-hybridized carbons (Fsp3) is 0.538. The maximum absolute atomic E-state index is 9.30. The standard InChI is InChI=1S/C13H19N3O2S/c1-13(2)8-16(6-10(7-17)18-13)9-3-4-11(12(14)19)15-5-9/h3-5,10,17H,6-8H2,1-2H3,(H2,14,19). The van der Waals surface area contributed by atoms with Gasteiger partial charge in [-0.3, -0.25) is 4.98 Å². The second kappa shape index (κ2) is 5.40. The van der Waals surface area contributed by atoms with Crippen molar-refractivity contribution >= 4 is 22.9 Å². The quantitative estimate of drug-likeness (QED) is 0.794. The van der Waals surface area contributed by atoms with Gasteiger partial charge in [0.05, 0.1) is 35.9 Å². The molecule has 1 aliphatic rings. The van der Waals surface area contributed by atoms with Crippen molar-refractivity contribution < 1.29 is 9.84 Å². The van der Waals surface area contributed by atoms with Crippen LogP contribution in [0.3, 0.4) is 0 Å². The van der Waals surface area contributed by atoms with Gasteiger partial charge < -0.3 is 20.5 Å². The Hall–Kier alpha value is -1.24. The van der Waals surface area contributed by atoms with E-state index in [4.69, 9.17) is 22.7 Å². The maximum atomic E-state index is 9.30. The van der Waals surface area contributed by atoms with Crippen LogP contribution in [-0.4, -0.2) is 46.5 Å². The van der Waals surface area contributed by atoms with Gasteiger partial charge in [-0.25, -0.2) is 0 Å². The zero-order chi connectivity index (χ0) is 14.0. The Balaban J connectivity index is 2.18. The van der Waals surface area contributed by atoms with Gasteiger partial charge in [0.2, 0.25) is 0 Å². The third kappa shape index (κ3) is 3.40. The lowest BCUT2D eigenvalue weighted by atomic mass is 10.0. The summed E-state index contributed by atoms with van der Waals surface area (Å²) in [5.74, 6) is 0. The van der Waals surface area contributed by atoms with Gasteiger partial charge >= 0.3 is 0 Å². The molecule has 1 aromatic rings. The monoisotopic (exact) mass is 281 g/mol. The molecule has 1 atom stereocenters. The Bertz CT molecular complexity index is 461. The molecule has 0 amide bonds. The molecule has 104 valence electrons. The molecule has 19 heavy (non-hydrogen) atoms. The predicted octanol–water partition coefficient (Wildman–Crippen LogP) is 0.692. The lowest BCUT2D eigenvalue weighted by Crippen LogP contribution is -2.54. The highest BCUT2D eigenvalue weighted by molar-refractivity contribution is 7.80. The first-order valence-electron chi connectivity index (χ1n) is 6.21. The second-order valence-electron chi connectivity index (χ2n) is 5.33. The van der Waals surface area contributed by atoms with E-state index in [1.165, 1.54) is 0 Å². The van der Waals surface area contributed by atoms with E-state index in [1.807, 2.05) is 26.0 Å². The molecule has 1 unspecified atom stereocenters. The van der Waals surface area contributed by atoms with Crippen LogP contribution in [0.4, 0.5) is 5.69 Å². The van der Waals surface area contributed by atoms with Gasteiger partial charge in [-0.1, -0.05) is 12.2 Å². The summed E-state index contributed by atoms with van der Waals surface area (Å²) in [6.07, 6.45) is 1.57. The second-order valence-corrected chi connectivity index (χ2v) is 5.77. The van der Waals surface area contributed by atoms with Crippen molar-refractivity contribution in [3.05, 3.63) is 24.0 Å². The Kier molecular flexibility index (Phi) is 4.03. The first-order chi connectivity index (χ1) is 8.91. The number of nitrogens with zero attached hydrogens (tertiary/aromatic N) is 2. The lowest BCUT2D eigenvalue weighted by molar-refractivity contribution is -0.101. The van der Waals surface area contributed by atoms with Crippen molar-refractivity contribution in [3.8, 4) is 0 Å². The van der Waals surface area contributed by atoms with E-state index < -0.39 is 0 Å². The molecule has 1 fully saturated rings. The van der Waals surface area contributed by atoms with Gasteiger partial charge in [0.1, 0.15) is 4.99 Å². The average molecular weight is 281 g/mol. The minimum Gasteiger partial charge on any atom is -0.394 e. The first kappa shape index (κ1) is 14.2. The SMILES string of the molecule is CC1(C)CN(c2ccc(C(N)=S)nc2)CC(CO)O1. The van der Waals surface area contributed by atoms with Gasteiger partial charge in [0.25, 0.3) is 0 Å². The minimum atomic E-state index is -0.298. The van der Waals surface area contributed by atoms with E-state index in [2.05, 4.69) is 9.88 Å². The number of rotatable bonds is 3. The fourth-order valence-electron chi connectivity index (χ4n) is 2.31. The van der Waals surface area contributed by atoms with Crippen molar-refractivity contribution in [2.75, 3.05) is 24.6 Å². The number of thiocarbonyl (C=S) groups is 1. The lowest BCUT2D eigenvalue weighted by Gasteiger charge is -2.43. The van der Waals surface area contributed by atoms with Crippen molar-refractivity contribution in [1.82, 2.24) is 4.98 Å². The zero-order valence-corrected chi connectivity index (χ0v) is 12.0. The third-order valence-corrected chi connectivity index (χ3v) is 3.26. The average Bonchev–Trinajstić information content (AvgIpc) is 2.37. The first-order valence-corrected chi connectivity index (χ1v) is 6.61. The van der Waals surface area contributed by atoms with E-state index >= 15 is 0 Å². The highest BCUT2D eigenvalue weighted by Crippen LogP contribution is 2.25. The number of aromatic nitrogens is 1. The van der Waals surface area contributed by atoms with Crippen LogP contribution in [0.2, 0.25) is 0 Å². The molecule has 2 rings (SSSR count). The van der Waals surface area contributed by atoms with Crippen LogP contribution >= 0.6 is 12.2 Å². The van der Waals surface area contributed by atoms with Gasteiger partial charge in [0, 0.05) is 13.1 Å². The summed E-state index contributed by atoms with van der Waals surface area (Å²) in [5, 5.41) is 9.30. The Morgan fingerprint density at radius 1 is 1.63 bits per heavy atom. The van der Waals surface area contributed by atoms with Crippen LogP contribution in [0.1, 0.15) is 19.5 Å². The molecule has 0 spiro atoms. The smallest absolute Gasteiger partial charge is 0.122 e. The van der Waals surface area contributed by atoms with Crippen LogP contribution < -0.4 is 10.6 Å². The topological polar surface area (TPSA) is 71.6 Å². The molecule has 1 saturated heterocycles. The van der Waals surface area contributed by atoms with Gasteiger partial charge in [-0.2, -0.15) is 0 Å². The number of aliphatic hydroxyl groups excluding tert-OH is 1. The predicted molar refractivity (Wildman–Crippen MR) is 78.4 cm³/mol. The molecule has 5 nitrogen and oxygen atoms in total. The number of hydrogen-bond acceptors (Lipinski definition) is 5. The summed E-state index contributed by atoms with van der Waals surface area (Å²) >= 11 is 4.88. The molecule has 0 aromatic carbocycles. The number of nitrogens with two attached hydrogens (primary N) is 1.